The molecular formula is C20H23N5O2S. The first-order chi connectivity index (χ1) is 13.6. The van der Waals surface area contributed by atoms with Crippen molar-refractivity contribution in [3.8, 4) is 5.75 Å². The van der Waals surface area contributed by atoms with E-state index in [1.54, 1.807) is 13.3 Å². The van der Waals surface area contributed by atoms with Crippen molar-refractivity contribution in [1.29, 1.82) is 0 Å². The van der Waals surface area contributed by atoms with Crippen molar-refractivity contribution in [2.24, 2.45) is 5.73 Å². The van der Waals surface area contributed by atoms with Gasteiger partial charge in [0.2, 0.25) is 0 Å². The zero-order valence-corrected chi connectivity index (χ0v) is 16.5. The molecule has 0 spiro atoms. The number of rotatable bonds is 4. The molecule has 1 aliphatic heterocycles. The highest BCUT2D eigenvalue weighted by molar-refractivity contribution is 7.21. The number of methoxy groups -OCH3 is 1. The van der Waals surface area contributed by atoms with Gasteiger partial charge in [0.15, 0.2) is 0 Å². The summed E-state index contributed by atoms with van der Waals surface area (Å²) in [5, 5.41) is 0.826. The SMILES string of the molecule is COc1ccccc1N1CCCN(c2ccnc3sc(C(N)=O)c(N)c23)CC1. The number of hydrogen-bond donors (Lipinski definition) is 2. The van der Waals surface area contributed by atoms with E-state index in [0.717, 1.165) is 59.9 Å². The van der Waals surface area contributed by atoms with Gasteiger partial charge in [-0.15, -0.1) is 11.3 Å². The summed E-state index contributed by atoms with van der Waals surface area (Å²) in [5.74, 6) is 0.375. The fourth-order valence-corrected chi connectivity index (χ4v) is 4.70. The number of thiophene rings is 1. The van der Waals surface area contributed by atoms with Crippen molar-refractivity contribution in [1.82, 2.24) is 4.98 Å². The molecule has 4 N–H and O–H groups in total. The number of nitrogen functional groups attached to an aromatic ring is 1. The number of anilines is 3. The number of ether oxygens (including phenoxy) is 1. The summed E-state index contributed by atoms with van der Waals surface area (Å²) in [6, 6.07) is 10.1. The maximum atomic E-state index is 11.7. The second-order valence-corrected chi connectivity index (χ2v) is 7.72. The molecule has 0 unspecified atom stereocenters. The third-order valence-corrected chi connectivity index (χ3v) is 6.22. The Hall–Kier alpha value is -3.00. The summed E-state index contributed by atoms with van der Waals surface area (Å²) in [7, 11) is 1.70. The third kappa shape index (κ3) is 3.20. The predicted octanol–water partition coefficient (Wildman–Crippen LogP) is 2.70. The van der Waals surface area contributed by atoms with Gasteiger partial charge in [-0.3, -0.25) is 4.79 Å². The third-order valence-electron chi connectivity index (χ3n) is 5.09. The number of benzene rings is 1. The number of amides is 1. The molecule has 1 amide bonds. The maximum Gasteiger partial charge on any atom is 0.260 e. The highest BCUT2D eigenvalue weighted by Gasteiger charge is 2.23. The van der Waals surface area contributed by atoms with Crippen molar-refractivity contribution in [3.05, 3.63) is 41.4 Å². The van der Waals surface area contributed by atoms with Gasteiger partial charge in [-0.2, -0.15) is 0 Å². The van der Waals surface area contributed by atoms with Crippen LogP contribution in [-0.2, 0) is 0 Å². The van der Waals surface area contributed by atoms with Crippen molar-refractivity contribution >= 4 is 44.5 Å². The van der Waals surface area contributed by atoms with Crippen LogP contribution >= 0.6 is 11.3 Å². The first-order valence-electron chi connectivity index (χ1n) is 9.20. The fraction of sp³-hybridized carbons (Fsp3) is 0.300. The molecule has 3 aromatic rings. The molecule has 0 radical (unpaired) electrons. The zero-order chi connectivity index (χ0) is 19.7. The van der Waals surface area contributed by atoms with Gasteiger partial charge in [0.1, 0.15) is 15.5 Å². The molecule has 1 aromatic carbocycles. The Morgan fingerprint density at radius 2 is 1.82 bits per heavy atom. The number of nitrogens with two attached hydrogens (primary N) is 2. The predicted molar refractivity (Wildman–Crippen MR) is 115 cm³/mol. The van der Waals surface area contributed by atoms with Crippen molar-refractivity contribution < 1.29 is 9.53 Å². The second kappa shape index (κ2) is 7.55. The molecule has 1 saturated heterocycles. The minimum Gasteiger partial charge on any atom is -0.495 e. The van der Waals surface area contributed by atoms with Crippen LogP contribution in [0.2, 0.25) is 0 Å². The monoisotopic (exact) mass is 397 g/mol. The van der Waals surface area contributed by atoms with E-state index in [4.69, 9.17) is 16.2 Å². The number of para-hydroxylation sites is 2. The fourth-order valence-electron chi connectivity index (χ4n) is 3.77. The molecule has 8 heteroatoms. The highest BCUT2D eigenvalue weighted by atomic mass is 32.1. The molecule has 2 aromatic heterocycles. The normalized spacial score (nSPS) is 14.9. The van der Waals surface area contributed by atoms with Crippen LogP contribution in [0.4, 0.5) is 17.1 Å². The van der Waals surface area contributed by atoms with Gasteiger partial charge < -0.3 is 26.0 Å². The van der Waals surface area contributed by atoms with Crippen LogP contribution < -0.4 is 26.0 Å². The van der Waals surface area contributed by atoms with Crippen LogP contribution in [-0.4, -0.2) is 44.2 Å². The maximum absolute atomic E-state index is 11.7. The smallest absolute Gasteiger partial charge is 0.260 e. The number of carbonyl (C=O) groups excluding carboxylic acids is 1. The Kier molecular flexibility index (Phi) is 4.95. The largest absolute Gasteiger partial charge is 0.495 e. The van der Waals surface area contributed by atoms with Crippen LogP contribution in [0.1, 0.15) is 16.1 Å². The van der Waals surface area contributed by atoms with E-state index in [1.807, 2.05) is 24.3 Å². The van der Waals surface area contributed by atoms with Crippen LogP contribution in [0, 0.1) is 0 Å². The van der Waals surface area contributed by atoms with Gasteiger partial charge in [-0.05, 0) is 24.6 Å². The number of pyridine rings is 1. The number of hydrogen-bond acceptors (Lipinski definition) is 7. The zero-order valence-electron chi connectivity index (χ0n) is 15.7. The molecule has 0 atom stereocenters. The average molecular weight is 398 g/mol. The standard InChI is InChI=1S/C20H23N5O2S/c1-27-15-6-3-2-5-13(15)24-9-4-10-25(12-11-24)14-7-8-23-20-16(14)17(21)18(28-20)19(22)26/h2-3,5-8H,4,9-12,21H2,1H3,(H2,22,26). The molecule has 28 heavy (non-hydrogen) atoms. The Morgan fingerprint density at radius 1 is 1.11 bits per heavy atom. The van der Waals surface area contributed by atoms with E-state index in [2.05, 4.69) is 20.9 Å². The van der Waals surface area contributed by atoms with Crippen LogP contribution in [0.5, 0.6) is 5.75 Å². The lowest BCUT2D eigenvalue weighted by Crippen LogP contribution is -2.31. The topological polar surface area (TPSA) is 97.7 Å². The van der Waals surface area contributed by atoms with E-state index in [-0.39, 0.29) is 0 Å². The van der Waals surface area contributed by atoms with E-state index in [1.165, 1.54) is 11.3 Å². The van der Waals surface area contributed by atoms with Gasteiger partial charge in [-0.25, -0.2) is 4.98 Å². The average Bonchev–Trinajstić information content (AvgIpc) is 2.89. The molecule has 0 saturated carbocycles. The lowest BCUT2D eigenvalue weighted by atomic mass is 10.2. The minimum atomic E-state index is -0.510. The molecule has 1 fully saturated rings. The molecule has 3 heterocycles. The Labute approximate surface area is 167 Å². The van der Waals surface area contributed by atoms with Crippen molar-refractivity contribution in [2.75, 3.05) is 48.8 Å². The molecule has 7 nitrogen and oxygen atoms in total. The van der Waals surface area contributed by atoms with E-state index < -0.39 is 5.91 Å². The first kappa shape index (κ1) is 18.4. The van der Waals surface area contributed by atoms with E-state index in [0.29, 0.717) is 10.6 Å². The summed E-state index contributed by atoms with van der Waals surface area (Å²) in [5.41, 5.74) is 14.3. The van der Waals surface area contributed by atoms with E-state index in [9.17, 15) is 4.79 Å². The molecule has 4 rings (SSSR count). The summed E-state index contributed by atoms with van der Waals surface area (Å²) in [6.45, 7) is 3.53. The minimum absolute atomic E-state index is 0.375. The van der Waals surface area contributed by atoms with Crippen molar-refractivity contribution in [3.63, 3.8) is 0 Å². The van der Waals surface area contributed by atoms with Crippen LogP contribution in [0.25, 0.3) is 10.2 Å². The van der Waals surface area contributed by atoms with Gasteiger partial charge in [0.05, 0.1) is 29.6 Å². The highest BCUT2D eigenvalue weighted by Crippen LogP contribution is 2.39. The van der Waals surface area contributed by atoms with Crippen LogP contribution in [0.3, 0.4) is 0 Å². The quantitative estimate of drug-likeness (QED) is 0.702. The lowest BCUT2D eigenvalue weighted by Gasteiger charge is -2.26. The van der Waals surface area contributed by atoms with Gasteiger partial charge >= 0.3 is 0 Å². The van der Waals surface area contributed by atoms with E-state index >= 15 is 0 Å². The summed E-state index contributed by atoms with van der Waals surface area (Å²) in [4.78, 5) is 21.9. The summed E-state index contributed by atoms with van der Waals surface area (Å²) >= 11 is 1.25. The van der Waals surface area contributed by atoms with Gasteiger partial charge in [0.25, 0.3) is 5.91 Å². The Bertz CT molecular complexity index is 1020. The Morgan fingerprint density at radius 3 is 2.54 bits per heavy atom. The van der Waals surface area contributed by atoms with Crippen molar-refractivity contribution in [2.45, 2.75) is 6.42 Å². The molecule has 1 aliphatic rings. The van der Waals surface area contributed by atoms with Gasteiger partial charge in [-0.1, -0.05) is 12.1 Å². The lowest BCUT2D eigenvalue weighted by molar-refractivity contribution is 0.100. The number of fused-ring (bicyclic) bond motifs is 1. The molecule has 0 bridgehead atoms. The van der Waals surface area contributed by atoms with Gasteiger partial charge in [0, 0.05) is 32.4 Å². The number of nitrogens with zero attached hydrogens (tertiary/aromatic N) is 3. The number of aromatic nitrogens is 1. The number of primary amides is 1. The molecular weight excluding hydrogens is 374 g/mol. The second-order valence-electron chi connectivity index (χ2n) is 6.72. The first-order valence-corrected chi connectivity index (χ1v) is 10.0. The number of carbonyl (C=O) groups is 1. The molecule has 0 aliphatic carbocycles. The summed E-state index contributed by atoms with van der Waals surface area (Å²) < 4.78 is 5.53. The Balaban J connectivity index is 1.64. The summed E-state index contributed by atoms with van der Waals surface area (Å²) in [6.07, 6.45) is 2.76. The van der Waals surface area contributed by atoms with Crippen LogP contribution in [0.15, 0.2) is 36.5 Å². The molecule has 146 valence electrons.